The topological polar surface area (TPSA) is 66.8 Å². The van der Waals surface area contributed by atoms with E-state index in [2.05, 4.69) is 9.89 Å². The van der Waals surface area contributed by atoms with Gasteiger partial charge >= 0.3 is 0 Å². The van der Waals surface area contributed by atoms with E-state index in [0.717, 1.165) is 23.1 Å². The van der Waals surface area contributed by atoms with Crippen LogP contribution in [0.1, 0.15) is 37.7 Å². The molecule has 2 heterocycles. The molecule has 5 rings (SSSR count). The molecule has 5 atom stereocenters. The lowest BCUT2D eigenvalue weighted by Crippen LogP contribution is -2.47. The highest BCUT2D eigenvalue weighted by molar-refractivity contribution is 8.15. The summed E-state index contributed by atoms with van der Waals surface area (Å²) in [7, 11) is -2.98. The number of hydrogen-bond donors (Lipinski definition) is 0. The summed E-state index contributed by atoms with van der Waals surface area (Å²) in [5, 5.41) is 0.824. The second-order valence-corrected chi connectivity index (χ2v) is 12.1. The van der Waals surface area contributed by atoms with Gasteiger partial charge in [-0.05, 0) is 43.1 Å². The third-order valence-corrected chi connectivity index (χ3v) is 10.1. The Kier molecular flexibility index (Phi) is 4.78. The lowest BCUT2D eigenvalue weighted by atomic mass is 9.93. The van der Waals surface area contributed by atoms with Crippen molar-refractivity contribution >= 4 is 32.7 Å². The van der Waals surface area contributed by atoms with E-state index in [-0.39, 0.29) is 28.7 Å². The monoisotopic (exact) mass is 418 g/mol. The Morgan fingerprint density at radius 2 is 1.93 bits per heavy atom. The number of benzene rings is 1. The van der Waals surface area contributed by atoms with Crippen molar-refractivity contribution in [3.63, 3.8) is 0 Å². The number of amidine groups is 1. The number of fused-ring (bicyclic) bond motifs is 3. The van der Waals surface area contributed by atoms with E-state index < -0.39 is 9.84 Å². The van der Waals surface area contributed by atoms with Gasteiger partial charge in [-0.25, -0.2) is 8.42 Å². The Balaban J connectivity index is 1.35. The van der Waals surface area contributed by atoms with Crippen LogP contribution < -0.4 is 0 Å². The molecule has 2 aliphatic heterocycles. The minimum Gasteiger partial charge on any atom is -0.343 e. The van der Waals surface area contributed by atoms with Crippen LogP contribution >= 0.6 is 11.8 Å². The number of carbonyl (C=O) groups is 1. The molecule has 5 nitrogen and oxygen atoms in total. The van der Waals surface area contributed by atoms with Crippen LogP contribution in [-0.2, 0) is 21.1 Å². The molecule has 0 unspecified atom stereocenters. The maximum Gasteiger partial charge on any atom is 0.248 e. The highest BCUT2D eigenvalue weighted by atomic mass is 32.2. The van der Waals surface area contributed by atoms with Crippen molar-refractivity contribution < 1.29 is 13.2 Å². The van der Waals surface area contributed by atoms with Gasteiger partial charge in [-0.1, -0.05) is 48.5 Å². The molecule has 4 fully saturated rings. The summed E-state index contributed by atoms with van der Waals surface area (Å²) in [6.07, 6.45) is 6.01. The van der Waals surface area contributed by atoms with Gasteiger partial charge in [0.25, 0.3) is 0 Å². The quantitative estimate of drug-likeness (QED) is 0.752. The summed E-state index contributed by atoms with van der Waals surface area (Å²) in [5.74, 6) is 1.75. The van der Waals surface area contributed by atoms with Crippen LogP contribution in [0.15, 0.2) is 35.3 Å². The van der Waals surface area contributed by atoms with Crippen molar-refractivity contribution in [2.45, 2.75) is 55.9 Å². The van der Waals surface area contributed by atoms with Gasteiger partial charge in [-0.2, -0.15) is 4.99 Å². The van der Waals surface area contributed by atoms with Crippen molar-refractivity contribution in [1.82, 2.24) is 4.90 Å². The average Bonchev–Trinajstić information content (AvgIpc) is 3.40. The summed E-state index contributed by atoms with van der Waals surface area (Å²) < 4.78 is 24.4. The van der Waals surface area contributed by atoms with E-state index in [0.29, 0.717) is 24.8 Å². The van der Waals surface area contributed by atoms with Gasteiger partial charge in [-0.15, -0.1) is 0 Å². The first-order valence-corrected chi connectivity index (χ1v) is 13.0. The molecule has 1 amide bonds. The van der Waals surface area contributed by atoms with Crippen LogP contribution in [0.2, 0.25) is 0 Å². The van der Waals surface area contributed by atoms with Gasteiger partial charge in [0.15, 0.2) is 15.0 Å². The van der Waals surface area contributed by atoms with Gasteiger partial charge in [-0.3, -0.25) is 4.79 Å². The van der Waals surface area contributed by atoms with Gasteiger partial charge in [0, 0.05) is 17.7 Å². The fourth-order valence-electron chi connectivity index (χ4n) is 5.59. The third-order valence-electron chi connectivity index (χ3n) is 6.86. The highest BCUT2D eigenvalue weighted by Crippen LogP contribution is 2.51. The molecule has 0 radical (unpaired) electrons. The van der Waals surface area contributed by atoms with E-state index >= 15 is 0 Å². The molecule has 2 saturated heterocycles. The van der Waals surface area contributed by atoms with E-state index in [1.165, 1.54) is 31.0 Å². The molecule has 7 heteroatoms. The van der Waals surface area contributed by atoms with Crippen LogP contribution in [0, 0.1) is 11.8 Å². The molecule has 0 aromatic heterocycles. The molecular weight excluding hydrogens is 392 g/mol. The zero-order valence-electron chi connectivity index (χ0n) is 15.9. The van der Waals surface area contributed by atoms with Gasteiger partial charge in [0.1, 0.15) is 0 Å². The Labute approximate surface area is 170 Å². The molecule has 0 N–H and O–H groups in total. The smallest absolute Gasteiger partial charge is 0.248 e. The molecule has 1 aromatic carbocycles. The molecule has 2 saturated carbocycles. The Bertz CT molecular complexity index is 899. The second kappa shape index (κ2) is 7.17. The van der Waals surface area contributed by atoms with Crippen LogP contribution in [0.3, 0.4) is 0 Å². The van der Waals surface area contributed by atoms with E-state index in [1.807, 2.05) is 30.3 Å². The summed E-state index contributed by atoms with van der Waals surface area (Å²) >= 11 is 1.53. The summed E-state index contributed by atoms with van der Waals surface area (Å²) in [6, 6.07) is 10.4. The largest absolute Gasteiger partial charge is 0.343 e. The summed E-state index contributed by atoms with van der Waals surface area (Å²) in [4.78, 5) is 19.4. The first kappa shape index (κ1) is 18.7. The molecule has 0 spiro atoms. The summed E-state index contributed by atoms with van der Waals surface area (Å²) in [5.41, 5.74) is 1.14. The van der Waals surface area contributed by atoms with Crippen molar-refractivity contribution in [2.24, 2.45) is 16.8 Å². The maximum absolute atomic E-state index is 12.6. The number of aliphatic imine (C=N–C) groups is 1. The SMILES string of the molecule is O=C(CCc1ccccc1)N=C1S[C@H]2CS(=O)(=O)C[C@H]2N1[C@@H]1C[C@@H]2CC[C@@H]1C2. The lowest BCUT2D eigenvalue weighted by Gasteiger charge is -2.36. The van der Waals surface area contributed by atoms with Gasteiger partial charge in [0.05, 0.1) is 17.5 Å². The average molecular weight is 419 g/mol. The van der Waals surface area contributed by atoms with Gasteiger partial charge < -0.3 is 4.90 Å². The normalized spacial score (nSPS) is 36.9. The summed E-state index contributed by atoms with van der Waals surface area (Å²) in [6.45, 7) is 0. The molecule has 2 aliphatic carbocycles. The first-order chi connectivity index (χ1) is 13.5. The number of aryl methyl sites for hydroxylation is 1. The zero-order valence-corrected chi connectivity index (χ0v) is 17.5. The number of carbonyl (C=O) groups excluding carboxylic acids is 1. The lowest BCUT2D eigenvalue weighted by molar-refractivity contribution is -0.117. The number of nitrogens with zero attached hydrogens (tertiary/aromatic N) is 2. The maximum atomic E-state index is 12.6. The Hall–Kier alpha value is -1.34. The Morgan fingerprint density at radius 1 is 1.11 bits per heavy atom. The number of hydrogen-bond acceptors (Lipinski definition) is 4. The first-order valence-electron chi connectivity index (χ1n) is 10.3. The zero-order chi connectivity index (χ0) is 19.3. The Morgan fingerprint density at radius 3 is 2.64 bits per heavy atom. The fourth-order valence-corrected chi connectivity index (χ4v) is 9.58. The predicted octanol–water partition coefficient (Wildman–Crippen LogP) is 2.90. The number of sulfone groups is 1. The molecule has 1 aromatic rings. The number of rotatable bonds is 4. The molecule has 2 bridgehead atoms. The minimum absolute atomic E-state index is 0.0000216. The fraction of sp³-hybridized carbons (Fsp3) is 0.619. The van der Waals surface area contributed by atoms with Crippen molar-refractivity contribution in [2.75, 3.05) is 11.5 Å². The molecule has 4 aliphatic rings. The number of amides is 1. The number of thioether (sulfide) groups is 1. The highest BCUT2D eigenvalue weighted by Gasteiger charge is 2.54. The van der Waals surface area contributed by atoms with Crippen molar-refractivity contribution in [3.05, 3.63) is 35.9 Å². The van der Waals surface area contributed by atoms with Crippen LogP contribution in [0.4, 0.5) is 0 Å². The van der Waals surface area contributed by atoms with Crippen molar-refractivity contribution in [1.29, 1.82) is 0 Å². The van der Waals surface area contributed by atoms with Gasteiger partial charge in [0.2, 0.25) is 5.91 Å². The van der Waals surface area contributed by atoms with Crippen LogP contribution in [0.25, 0.3) is 0 Å². The predicted molar refractivity (Wildman–Crippen MR) is 112 cm³/mol. The minimum atomic E-state index is -2.98. The van der Waals surface area contributed by atoms with E-state index in [9.17, 15) is 13.2 Å². The van der Waals surface area contributed by atoms with Crippen LogP contribution in [-0.4, -0.2) is 53.2 Å². The van der Waals surface area contributed by atoms with Crippen molar-refractivity contribution in [3.8, 4) is 0 Å². The standard InChI is InChI=1S/C21H26N2O3S2/c24-20(9-7-14-4-2-1-3-5-14)22-21-23(17-11-15-6-8-16(17)10-15)18-12-28(25,26)13-19(18)27-21/h1-5,15-19H,6-13H2/t15-,16-,17-,18-,19+/m1/s1. The third kappa shape index (κ3) is 3.52. The van der Waals surface area contributed by atoms with Crippen LogP contribution in [0.5, 0.6) is 0 Å². The van der Waals surface area contributed by atoms with E-state index in [1.54, 1.807) is 0 Å². The van der Waals surface area contributed by atoms with E-state index in [4.69, 9.17) is 0 Å². The molecular formula is C21H26N2O3S2. The molecule has 150 valence electrons. The molecule has 28 heavy (non-hydrogen) atoms. The second-order valence-electron chi connectivity index (χ2n) is 8.72.